The SMILES string of the molecule is O=C1CN(C(=O)c2ccc(F)c(C(F)(F)F)c2F)CC(c2ccccc2)N1. The molecule has 3 rings (SSSR count). The Kier molecular flexibility index (Phi) is 4.86. The molecule has 9 heteroatoms. The zero-order valence-electron chi connectivity index (χ0n) is 13.7. The minimum absolute atomic E-state index is 0.0627. The molecule has 0 bridgehead atoms. The maximum absolute atomic E-state index is 14.2. The number of benzene rings is 2. The molecule has 1 unspecified atom stereocenters. The predicted octanol–water partition coefficient (Wildman–Crippen LogP) is 3.30. The van der Waals surface area contributed by atoms with Crippen molar-refractivity contribution < 1.29 is 31.5 Å². The first-order chi connectivity index (χ1) is 12.7. The van der Waals surface area contributed by atoms with Crippen LogP contribution in [0.25, 0.3) is 0 Å². The lowest BCUT2D eigenvalue weighted by Crippen LogP contribution is -2.51. The van der Waals surface area contributed by atoms with Gasteiger partial charge in [0.05, 0.1) is 18.2 Å². The smallest absolute Gasteiger partial charge is 0.346 e. The molecule has 1 aliphatic heterocycles. The maximum atomic E-state index is 14.2. The molecule has 1 atom stereocenters. The van der Waals surface area contributed by atoms with Gasteiger partial charge in [0.25, 0.3) is 5.91 Å². The van der Waals surface area contributed by atoms with Crippen LogP contribution < -0.4 is 5.32 Å². The minimum atomic E-state index is -5.30. The summed E-state index contributed by atoms with van der Waals surface area (Å²) in [6.45, 7) is -0.507. The standard InChI is InChI=1S/C18H13F5N2O2/c19-12-7-6-11(16(20)15(12)18(21,22)23)17(27)25-8-13(24-14(26)9-25)10-4-2-1-3-5-10/h1-7,13H,8-9H2,(H,24,26). The molecule has 27 heavy (non-hydrogen) atoms. The Hall–Kier alpha value is -2.97. The number of nitrogens with one attached hydrogen (secondary N) is 1. The molecule has 142 valence electrons. The van der Waals surface area contributed by atoms with E-state index < -0.39 is 53.3 Å². The van der Waals surface area contributed by atoms with Crippen molar-refractivity contribution in [2.75, 3.05) is 13.1 Å². The fraction of sp³-hybridized carbons (Fsp3) is 0.222. The Morgan fingerprint density at radius 3 is 2.37 bits per heavy atom. The van der Waals surface area contributed by atoms with Crippen LogP contribution in [-0.2, 0) is 11.0 Å². The zero-order chi connectivity index (χ0) is 19.8. The second kappa shape index (κ2) is 6.98. The first-order valence-corrected chi connectivity index (χ1v) is 7.87. The van der Waals surface area contributed by atoms with Crippen molar-refractivity contribution in [2.24, 2.45) is 0 Å². The van der Waals surface area contributed by atoms with E-state index in [1.54, 1.807) is 30.3 Å². The van der Waals surface area contributed by atoms with Crippen molar-refractivity contribution in [1.82, 2.24) is 10.2 Å². The van der Waals surface area contributed by atoms with E-state index >= 15 is 0 Å². The molecule has 0 saturated carbocycles. The number of hydrogen-bond donors (Lipinski definition) is 1. The molecule has 0 radical (unpaired) electrons. The van der Waals surface area contributed by atoms with Gasteiger partial charge in [-0.2, -0.15) is 13.2 Å². The van der Waals surface area contributed by atoms with Crippen LogP contribution in [0.5, 0.6) is 0 Å². The van der Waals surface area contributed by atoms with Crippen LogP contribution >= 0.6 is 0 Å². The van der Waals surface area contributed by atoms with Gasteiger partial charge in [-0.3, -0.25) is 9.59 Å². The van der Waals surface area contributed by atoms with Crippen LogP contribution in [-0.4, -0.2) is 29.8 Å². The summed E-state index contributed by atoms with van der Waals surface area (Å²) < 4.78 is 66.3. The van der Waals surface area contributed by atoms with E-state index in [1.165, 1.54) is 0 Å². The summed E-state index contributed by atoms with van der Waals surface area (Å²) >= 11 is 0. The van der Waals surface area contributed by atoms with Crippen molar-refractivity contribution in [3.05, 3.63) is 70.8 Å². The third-order valence-corrected chi connectivity index (χ3v) is 4.17. The largest absolute Gasteiger partial charge is 0.422 e. The van der Waals surface area contributed by atoms with Crippen molar-refractivity contribution in [3.63, 3.8) is 0 Å². The molecule has 2 aromatic rings. The van der Waals surface area contributed by atoms with Gasteiger partial charge in [0.2, 0.25) is 5.91 Å². The van der Waals surface area contributed by atoms with Gasteiger partial charge >= 0.3 is 6.18 Å². The molecule has 0 aliphatic carbocycles. The third kappa shape index (κ3) is 3.76. The highest BCUT2D eigenvalue weighted by molar-refractivity contribution is 5.97. The number of carbonyl (C=O) groups is 2. The summed E-state index contributed by atoms with van der Waals surface area (Å²) in [5.74, 6) is -5.46. The number of alkyl halides is 3. The van der Waals surface area contributed by atoms with Crippen LogP contribution in [0.1, 0.15) is 27.5 Å². The van der Waals surface area contributed by atoms with Crippen LogP contribution in [0, 0.1) is 11.6 Å². The van der Waals surface area contributed by atoms with Crippen LogP contribution in [0.15, 0.2) is 42.5 Å². The van der Waals surface area contributed by atoms with Crippen molar-refractivity contribution in [3.8, 4) is 0 Å². The van der Waals surface area contributed by atoms with Crippen LogP contribution in [0.2, 0.25) is 0 Å². The zero-order valence-corrected chi connectivity index (χ0v) is 13.7. The Balaban J connectivity index is 1.93. The second-order valence-electron chi connectivity index (χ2n) is 6.00. The maximum Gasteiger partial charge on any atom is 0.422 e. The summed E-state index contributed by atoms with van der Waals surface area (Å²) in [4.78, 5) is 25.4. The predicted molar refractivity (Wildman–Crippen MR) is 84.6 cm³/mol. The number of hydrogen-bond acceptors (Lipinski definition) is 2. The Labute approximate surface area is 150 Å². The summed E-state index contributed by atoms with van der Waals surface area (Å²) in [5.41, 5.74) is -2.39. The van der Waals surface area contributed by atoms with Gasteiger partial charge < -0.3 is 10.2 Å². The van der Waals surface area contributed by atoms with E-state index in [4.69, 9.17) is 0 Å². The minimum Gasteiger partial charge on any atom is -0.346 e. The summed E-state index contributed by atoms with van der Waals surface area (Å²) in [6.07, 6.45) is -5.30. The number of rotatable bonds is 2. The molecule has 1 fully saturated rings. The van der Waals surface area contributed by atoms with E-state index in [-0.39, 0.29) is 6.54 Å². The summed E-state index contributed by atoms with van der Waals surface area (Å²) in [6, 6.07) is 9.04. The average molecular weight is 384 g/mol. The first-order valence-electron chi connectivity index (χ1n) is 7.87. The first kappa shape index (κ1) is 18.8. The normalized spacial score (nSPS) is 17.6. The van der Waals surface area contributed by atoms with Gasteiger partial charge in [0.15, 0.2) is 5.82 Å². The van der Waals surface area contributed by atoms with E-state index in [0.29, 0.717) is 17.7 Å². The highest BCUT2D eigenvalue weighted by Gasteiger charge is 2.40. The van der Waals surface area contributed by atoms with Crippen molar-refractivity contribution in [2.45, 2.75) is 12.2 Å². The van der Waals surface area contributed by atoms with E-state index in [9.17, 15) is 31.5 Å². The van der Waals surface area contributed by atoms with Crippen molar-refractivity contribution in [1.29, 1.82) is 0 Å². The molecule has 1 saturated heterocycles. The number of halogens is 5. The second-order valence-corrected chi connectivity index (χ2v) is 6.00. The third-order valence-electron chi connectivity index (χ3n) is 4.17. The lowest BCUT2D eigenvalue weighted by molar-refractivity contribution is -0.142. The number of piperazine rings is 1. The Bertz CT molecular complexity index is 883. The lowest BCUT2D eigenvalue weighted by atomic mass is 10.0. The van der Waals surface area contributed by atoms with Crippen molar-refractivity contribution >= 4 is 11.8 Å². The Morgan fingerprint density at radius 1 is 1.07 bits per heavy atom. The monoisotopic (exact) mass is 384 g/mol. The highest BCUT2D eigenvalue weighted by Crippen LogP contribution is 2.35. The van der Waals surface area contributed by atoms with Gasteiger partial charge in [0.1, 0.15) is 11.4 Å². The molecule has 0 spiro atoms. The molecule has 2 aromatic carbocycles. The summed E-state index contributed by atoms with van der Waals surface area (Å²) in [7, 11) is 0. The molecule has 1 N–H and O–H groups in total. The lowest BCUT2D eigenvalue weighted by Gasteiger charge is -2.33. The van der Waals surface area contributed by atoms with E-state index in [2.05, 4.69) is 5.32 Å². The van der Waals surface area contributed by atoms with Gasteiger partial charge in [-0.15, -0.1) is 0 Å². The highest BCUT2D eigenvalue weighted by atomic mass is 19.4. The molecule has 0 aromatic heterocycles. The molecule has 2 amide bonds. The molecule has 1 aliphatic rings. The average Bonchev–Trinajstić information content (AvgIpc) is 2.60. The number of nitrogens with zero attached hydrogens (tertiary/aromatic N) is 1. The molecule has 4 nitrogen and oxygen atoms in total. The van der Waals surface area contributed by atoms with Gasteiger partial charge in [-0.1, -0.05) is 30.3 Å². The van der Waals surface area contributed by atoms with E-state index in [1.807, 2.05) is 0 Å². The molecular formula is C18H13F5N2O2. The summed E-state index contributed by atoms with van der Waals surface area (Å²) in [5, 5.41) is 2.66. The van der Waals surface area contributed by atoms with Gasteiger partial charge in [0, 0.05) is 6.54 Å². The fourth-order valence-corrected chi connectivity index (χ4v) is 2.92. The molecule has 1 heterocycles. The topological polar surface area (TPSA) is 49.4 Å². The van der Waals surface area contributed by atoms with Gasteiger partial charge in [-0.05, 0) is 17.7 Å². The number of carbonyl (C=O) groups excluding carboxylic acids is 2. The van der Waals surface area contributed by atoms with Crippen LogP contribution in [0.3, 0.4) is 0 Å². The fourth-order valence-electron chi connectivity index (χ4n) is 2.92. The van der Waals surface area contributed by atoms with Gasteiger partial charge in [-0.25, -0.2) is 8.78 Å². The quantitative estimate of drug-likeness (QED) is 0.808. The van der Waals surface area contributed by atoms with Crippen LogP contribution in [0.4, 0.5) is 22.0 Å². The number of amides is 2. The molecular weight excluding hydrogens is 371 g/mol. The van der Waals surface area contributed by atoms with E-state index in [0.717, 1.165) is 4.90 Å². The Morgan fingerprint density at radius 2 is 1.74 bits per heavy atom.